The highest BCUT2D eigenvalue weighted by Crippen LogP contribution is 2.21. The number of carboxylic acids is 1. The molecule has 0 aliphatic heterocycles. The summed E-state index contributed by atoms with van der Waals surface area (Å²) in [5.41, 5.74) is -0.649. The highest BCUT2D eigenvalue weighted by molar-refractivity contribution is 5.94. The highest BCUT2D eigenvalue weighted by Gasteiger charge is 2.19. The predicted molar refractivity (Wildman–Crippen MR) is 72.8 cm³/mol. The Morgan fingerprint density at radius 2 is 2.14 bits per heavy atom. The fourth-order valence-corrected chi connectivity index (χ4v) is 1.53. The maximum absolute atomic E-state index is 11.7. The molecule has 1 aromatic heterocycles. The zero-order valence-electron chi connectivity index (χ0n) is 11.5. The van der Waals surface area contributed by atoms with Crippen LogP contribution in [0.1, 0.15) is 36.3 Å². The van der Waals surface area contributed by atoms with E-state index in [0.717, 1.165) is 12.3 Å². The third kappa shape index (κ3) is 4.10. The van der Waals surface area contributed by atoms with E-state index in [1.165, 1.54) is 6.08 Å². The third-order valence-electron chi connectivity index (χ3n) is 2.57. The smallest absolute Gasteiger partial charge is 0.337 e. The molecule has 0 aromatic carbocycles. The topological polar surface area (TPSA) is 120 Å². The van der Waals surface area contributed by atoms with Crippen molar-refractivity contribution in [1.82, 2.24) is 4.98 Å². The molecule has 112 valence electrons. The second kappa shape index (κ2) is 7.13. The molecule has 0 aliphatic carbocycles. The summed E-state index contributed by atoms with van der Waals surface area (Å²) < 4.78 is 4.83. The highest BCUT2D eigenvalue weighted by atomic mass is 16.6. The lowest BCUT2D eigenvalue weighted by Crippen LogP contribution is -2.08. The third-order valence-corrected chi connectivity index (χ3v) is 2.57. The van der Waals surface area contributed by atoms with Gasteiger partial charge in [0.25, 0.3) is 5.69 Å². The molecule has 1 rings (SSSR count). The summed E-state index contributed by atoms with van der Waals surface area (Å²) in [6.45, 7) is 3.53. The molecule has 8 nitrogen and oxygen atoms in total. The van der Waals surface area contributed by atoms with Gasteiger partial charge in [-0.2, -0.15) is 0 Å². The number of carboxylic acid groups (broad SMARTS) is 1. The first kappa shape index (κ1) is 16.3. The van der Waals surface area contributed by atoms with E-state index in [4.69, 9.17) is 9.84 Å². The summed E-state index contributed by atoms with van der Waals surface area (Å²) in [5, 5.41) is 19.8. The van der Waals surface area contributed by atoms with E-state index in [1.54, 1.807) is 13.8 Å². The molecule has 0 saturated heterocycles. The molecule has 8 heteroatoms. The van der Waals surface area contributed by atoms with Crippen molar-refractivity contribution in [2.24, 2.45) is 0 Å². The van der Waals surface area contributed by atoms with Gasteiger partial charge >= 0.3 is 11.9 Å². The van der Waals surface area contributed by atoms with Crippen molar-refractivity contribution in [3.05, 3.63) is 39.2 Å². The van der Waals surface area contributed by atoms with Gasteiger partial charge in [-0.05, 0) is 19.4 Å². The van der Waals surface area contributed by atoms with Crippen LogP contribution in [0.15, 0.2) is 17.8 Å². The molecule has 1 N–H and O–H groups in total. The number of hydrogen-bond acceptors (Lipinski definition) is 6. The molecule has 0 fully saturated rings. The number of nitrogens with zero attached hydrogens (tertiary/aromatic N) is 2. The van der Waals surface area contributed by atoms with Crippen LogP contribution >= 0.6 is 0 Å². The number of rotatable bonds is 6. The van der Waals surface area contributed by atoms with Gasteiger partial charge in [0.15, 0.2) is 0 Å². The molecule has 0 saturated carbocycles. The maximum atomic E-state index is 11.7. The van der Waals surface area contributed by atoms with Crippen molar-refractivity contribution in [1.29, 1.82) is 0 Å². The fourth-order valence-electron chi connectivity index (χ4n) is 1.53. The quantitative estimate of drug-likeness (QED) is 0.369. The van der Waals surface area contributed by atoms with Crippen LogP contribution in [0.5, 0.6) is 0 Å². The Morgan fingerprint density at radius 3 is 2.62 bits per heavy atom. The van der Waals surface area contributed by atoms with E-state index in [2.05, 4.69) is 4.98 Å². The minimum absolute atomic E-state index is 0.0881. The molecule has 1 heterocycles. The monoisotopic (exact) mass is 294 g/mol. The summed E-state index contributed by atoms with van der Waals surface area (Å²) in [5.74, 6) is -1.90. The van der Waals surface area contributed by atoms with Crippen LogP contribution in [-0.2, 0) is 9.53 Å². The number of carbonyl (C=O) groups excluding carboxylic acids is 1. The minimum Gasteiger partial charge on any atom is -0.478 e. The number of carbonyl (C=O) groups is 2. The second-order valence-electron chi connectivity index (χ2n) is 3.93. The van der Waals surface area contributed by atoms with Crippen LogP contribution in [0, 0.1) is 10.1 Å². The second-order valence-corrected chi connectivity index (χ2v) is 3.93. The molecule has 0 amide bonds. The molecule has 0 atom stereocenters. The van der Waals surface area contributed by atoms with Crippen LogP contribution in [0.2, 0.25) is 0 Å². The van der Waals surface area contributed by atoms with Gasteiger partial charge in [-0.1, -0.05) is 6.92 Å². The zero-order chi connectivity index (χ0) is 16.0. The standard InChI is InChI=1S/C13H14N2O6/c1-3-8(13(18)21-4-2)5-10-11(15(19)20)6-9(7-14-10)12(16)17/h5-7H,3-4H2,1-2H3,(H,16,17)/b8-5+. The lowest BCUT2D eigenvalue weighted by atomic mass is 10.1. The molecule has 0 radical (unpaired) electrons. The Labute approximate surface area is 120 Å². The van der Waals surface area contributed by atoms with Crippen LogP contribution in [0.3, 0.4) is 0 Å². The molecule has 0 bridgehead atoms. The summed E-state index contributed by atoms with van der Waals surface area (Å²) in [4.78, 5) is 36.4. The molecule has 0 aliphatic rings. The van der Waals surface area contributed by atoms with Crippen molar-refractivity contribution >= 4 is 23.7 Å². The SMILES string of the molecule is CCOC(=O)/C(=C/c1ncc(C(=O)O)cc1[N+](=O)[O-])CC. The minimum atomic E-state index is -1.32. The number of pyridine rings is 1. The van der Waals surface area contributed by atoms with Gasteiger partial charge in [0, 0.05) is 17.8 Å². The van der Waals surface area contributed by atoms with Crippen molar-refractivity contribution < 1.29 is 24.4 Å². The van der Waals surface area contributed by atoms with E-state index < -0.39 is 22.5 Å². The van der Waals surface area contributed by atoms with Crippen LogP contribution in [-0.4, -0.2) is 33.6 Å². The Bertz CT molecular complexity index is 609. The van der Waals surface area contributed by atoms with Crippen molar-refractivity contribution in [3.8, 4) is 0 Å². The molecule has 0 spiro atoms. The average Bonchev–Trinajstić information content (AvgIpc) is 2.44. The van der Waals surface area contributed by atoms with Crippen molar-refractivity contribution in [3.63, 3.8) is 0 Å². The molecular formula is C13H14N2O6. The van der Waals surface area contributed by atoms with Crippen molar-refractivity contribution in [2.75, 3.05) is 6.61 Å². The van der Waals surface area contributed by atoms with Crippen LogP contribution < -0.4 is 0 Å². The first-order valence-electron chi connectivity index (χ1n) is 6.16. The first-order valence-corrected chi connectivity index (χ1v) is 6.16. The predicted octanol–water partition coefficient (Wildman–Crippen LogP) is 2.04. The number of aromatic nitrogens is 1. The Morgan fingerprint density at radius 1 is 1.48 bits per heavy atom. The normalized spacial score (nSPS) is 11.0. The van der Waals surface area contributed by atoms with Gasteiger partial charge in [-0.25, -0.2) is 14.6 Å². The lowest BCUT2D eigenvalue weighted by molar-refractivity contribution is -0.385. The average molecular weight is 294 g/mol. The van der Waals surface area contributed by atoms with E-state index >= 15 is 0 Å². The lowest BCUT2D eigenvalue weighted by Gasteiger charge is -2.05. The molecule has 1 aromatic rings. The van der Waals surface area contributed by atoms with Crippen LogP contribution in [0.25, 0.3) is 6.08 Å². The van der Waals surface area contributed by atoms with Crippen molar-refractivity contribution in [2.45, 2.75) is 20.3 Å². The Balaban J connectivity index is 3.31. The molecule has 0 unspecified atom stereocenters. The van der Waals surface area contributed by atoms with Gasteiger partial charge in [0.2, 0.25) is 0 Å². The fraction of sp³-hybridized carbons (Fsp3) is 0.308. The summed E-state index contributed by atoms with van der Waals surface area (Å²) in [6.07, 6.45) is 2.54. The largest absolute Gasteiger partial charge is 0.478 e. The number of esters is 1. The number of aromatic carboxylic acids is 1. The zero-order valence-corrected chi connectivity index (χ0v) is 11.5. The van der Waals surface area contributed by atoms with E-state index in [0.29, 0.717) is 6.42 Å². The van der Waals surface area contributed by atoms with E-state index in [1.807, 2.05) is 0 Å². The van der Waals surface area contributed by atoms with E-state index in [9.17, 15) is 19.7 Å². The number of hydrogen-bond donors (Lipinski definition) is 1. The molecule has 21 heavy (non-hydrogen) atoms. The first-order chi connectivity index (χ1) is 9.90. The van der Waals surface area contributed by atoms with Gasteiger partial charge < -0.3 is 9.84 Å². The number of nitro groups is 1. The summed E-state index contributed by atoms with van der Waals surface area (Å²) in [6, 6.07) is 0.902. The van der Waals surface area contributed by atoms with E-state index in [-0.39, 0.29) is 23.4 Å². The molecular weight excluding hydrogens is 280 g/mol. The summed E-state index contributed by atoms with van der Waals surface area (Å²) >= 11 is 0. The summed E-state index contributed by atoms with van der Waals surface area (Å²) in [7, 11) is 0. The van der Waals surface area contributed by atoms with Gasteiger partial charge in [-0.3, -0.25) is 10.1 Å². The van der Waals surface area contributed by atoms with Crippen LogP contribution in [0.4, 0.5) is 5.69 Å². The van der Waals surface area contributed by atoms with Gasteiger partial charge in [0.1, 0.15) is 5.69 Å². The number of ether oxygens (including phenoxy) is 1. The Hall–Kier alpha value is -2.77. The Kier molecular flexibility index (Phi) is 5.53. The van der Waals surface area contributed by atoms with Gasteiger partial charge in [0.05, 0.1) is 17.1 Å². The van der Waals surface area contributed by atoms with Gasteiger partial charge in [-0.15, -0.1) is 0 Å². The maximum Gasteiger partial charge on any atom is 0.337 e.